The number of benzene rings is 1. The number of amides is 4. The molecule has 4 amide bonds. The first-order chi connectivity index (χ1) is 15.7. The Kier molecular flexibility index (Phi) is 10.0. The predicted molar refractivity (Wildman–Crippen MR) is 115 cm³/mol. The van der Waals surface area contributed by atoms with Crippen molar-refractivity contribution in [1.82, 2.24) is 21.3 Å². The predicted octanol–water partition coefficient (Wildman–Crippen LogP) is -2.59. The first-order valence-corrected chi connectivity index (χ1v) is 10.6. The van der Waals surface area contributed by atoms with Crippen LogP contribution in [-0.2, 0) is 14.4 Å². The minimum Gasteiger partial charge on any atom is -0.493 e. The van der Waals surface area contributed by atoms with E-state index in [-0.39, 0.29) is 31.0 Å². The number of para-hydroxylation sites is 1. The maximum atomic E-state index is 12.9. The molecule has 7 N–H and O–H groups in total. The molecule has 12 heteroatoms. The molecule has 1 heterocycles. The normalized spacial score (nSPS) is 22.1. The highest BCUT2D eigenvalue weighted by molar-refractivity contribution is 6.01. The second-order valence-electron chi connectivity index (χ2n) is 7.59. The monoisotopic (exact) mass is 466 g/mol. The summed E-state index contributed by atoms with van der Waals surface area (Å²) in [5.74, 6) is -2.56. The van der Waals surface area contributed by atoms with Crippen molar-refractivity contribution in [1.29, 1.82) is 0 Å². The maximum Gasteiger partial charge on any atom is 0.255 e. The smallest absolute Gasteiger partial charge is 0.255 e. The summed E-state index contributed by atoms with van der Waals surface area (Å²) in [6.45, 7) is 0.833. The van der Waals surface area contributed by atoms with Crippen LogP contribution in [0, 0.1) is 0 Å². The number of ether oxygens (including phenoxy) is 1. The molecule has 0 aliphatic carbocycles. The summed E-state index contributed by atoms with van der Waals surface area (Å²) in [6.07, 6.45) is -2.59. The summed E-state index contributed by atoms with van der Waals surface area (Å²) in [7, 11) is 0. The van der Waals surface area contributed by atoms with Gasteiger partial charge in [0.2, 0.25) is 17.7 Å². The second-order valence-corrected chi connectivity index (χ2v) is 7.59. The molecular weight excluding hydrogens is 436 g/mol. The summed E-state index contributed by atoms with van der Waals surface area (Å²) in [5.41, 5.74) is 0.145. The molecule has 0 saturated carbocycles. The van der Waals surface area contributed by atoms with Crippen LogP contribution >= 0.6 is 0 Å². The average molecular weight is 466 g/mol. The molecule has 0 radical (unpaired) electrons. The fraction of sp³-hybridized carbons (Fsp3) is 0.524. The minimum atomic E-state index is -1.38. The summed E-state index contributed by atoms with van der Waals surface area (Å²) >= 11 is 0. The second kappa shape index (κ2) is 12.7. The number of aliphatic hydroxyl groups is 3. The van der Waals surface area contributed by atoms with Crippen molar-refractivity contribution in [3.63, 3.8) is 0 Å². The Morgan fingerprint density at radius 3 is 2.64 bits per heavy atom. The van der Waals surface area contributed by atoms with Crippen LogP contribution in [0.1, 0.15) is 30.1 Å². The third kappa shape index (κ3) is 8.00. The van der Waals surface area contributed by atoms with E-state index in [2.05, 4.69) is 21.3 Å². The summed E-state index contributed by atoms with van der Waals surface area (Å²) < 4.78 is 5.65. The van der Waals surface area contributed by atoms with Crippen molar-refractivity contribution in [2.45, 2.75) is 44.1 Å². The maximum absolute atomic E-state index is 12.9. The zero-order valence-corrected chi connectivity index (χ0v) is 18.2. The molecule has 1 aliphatic rings. The molecule has 0 bridgehead atoms. The van der Waals surface area contributed by atoms with Crippen molar-refractivity contribution in [3.05, 3.63) is 29.8 Å². The first kappa shape index (κ1) is 26.0. The SMILES string of the molecule is C[C@@H](O)[C@@H]1NC(=O)C[C@@H](C(=O)NC[C@@H](O)CO)NC(=O)c2ccccc2OCCCNC1=O. The van der Waals surface area contributed by atoms with Crippen LogP contribution in [0.5, 0.6) is 5.75 Å². The molecule has 2 rings (SSSR count). The summed E-state index contributed by atoms with van der Waals surface area (Å²) in [4.78, 5) is 50.5. The number of hydrogen-bond acceptors (Lipinski definition) is 8. The first-order valence-electron chi connectivity index (χ1n) is 10.6. The lowest BCUT2D eigenvalue weighted by Gasteiger charge is -2.23. The molecular formula is C21H30N4O8. The van der Waals surface area contributed by atoms with Crippen LogP contribution in [0.4, 0.5) is 0 Å². The van der Waals surface area contributed by atoms with Gasteiger partial charge in [-0.15, -0.1) is 0 Å². The molecule has 4 atom stereocenters. The van der Waals surface area contributed by atoms with Crippen molar-refractivity contribution in [2.24, 2.45) is 0 Å². The largest absolute Gasteiger partial charge is 0.493 e. The molecule has 0 aromatic heterocycles. The number of carbonyl (C=O) groups excluding carboxylic acids is 4. The molecule has 0 unspecified atom stereocenters. The molecule has 1 aromatic rings. The number of nitrogens with one attached hydrogen (secondary N) is 4. The van der Waals surface area contributed by atoms with Gasteiger partial charge in [-0.3, -0.25) is 19.2 Å². The van der Waals surface area contributed by atoms with Gasteiger partial charge in [0, 0.05) is 13.1 Å². The van der Waals surface area contributed by atoms with Gasteiger partial charge in [-0.05, 0) is 25.5 Å². The lowest BCUT2D eigenvalue weighted by molar-refractivity contribution is -0.133. The van der Waals surface area contributed by atoms with E-state index in [4.69, 9.17) is 9.84 Å². The van der Waals surface area contributed by atoms with Gasteiger partial charge in [0.05, 0.1) is 37.4 Å². The highest BCUT2D eigenvalue weighted by Crippen LogP contribution is 2.18. The number of rotatable bonds is 5. The number of aliphatic hydroxyl groups excluding tert-OH is 3. The summed E-state index contributed by atoms with van der Waals surface area (Å²) in [6, 6.07) is 3.72. The lowest BCUT2D eigenvalue weighted by Crippen LogP contribution is -2.55. The van der Waals surface area contributed by atoms with Crippen LogP contribution in [-0.4, -0.2) is 89.5 Å². The number of carbonyl (C=O) groups is 4. The topological polar surface area (TPSA) is 186 Å². The van der Waals surface area contributed by atoms with E-state index >= 15 is 0 Å². The van der Waals surface area contributed by atoms with Gasteiger partial charge >= 0.3 is 0 Å². The van der Waals surface area contributed by atoms with Crippen LogP contribution in [0.2, 0.25) is 0 Å². The average Bonchev–Trinajstić information content (AvgIpc) is 2.79. The Labute approximate surface area is 190 Å². The van der Waals surface area contributed by atoms with Gasteiger partial charge < -0.3 is 41.3 Å². The third-order valence-corrected chi connectivity index (χ3v) is 4.82. The molecule has 182 valence electrons. The van der Waals surface area contributed by atoms with E-state index in [9.17, 15) is 29.4 Å². The van der Waals surface area contributed by atoms with Gasteiger partial charge in [0.1, 0.15) is 17.8 Å². The quantitative estimate of drug-likeness (QED) is 0.246. The van der Waals surface area contributed by atoms with E-state index in [1.807, 2.05) is 0 Å². The van der Waals surface area contributed by atoms with Crippen LogP contribution in [0.3, 0.4) is 0 Å². The van der Waals surface area contributed by atoms with Gasteiger partial charge in [-0.1, -0.05) is 12.1 Å². The molecule has 0 saturated heterocycles. The lowest BCUT2D eigenvalue weighted by atomic mass is 10.1. The molecule has 1 aliphatic heterocycles. The Hall–Kier alpha value is -3.22. The molecule has 0 fully saturated rings. The van der Waals surface area contributed by atoms with Gasteiger partial charge in [0.15, 0.2) is 0 Å². The molecule has 12 nitrogen and oxygen atoms in total. The highest BCUT2D eigenvalue weighted by atomic mass is 16.5. The Morgan fingerprint density at radius 2 is 1.94 bits per heavy atom. The van der Waals surface area contributed by atoms with Crippen molar-refractivity contribution in [2.75, 3.05) is 26.3 Å². The zero-order chi connectivity index (χ0) is 24.4. The van der Waals surface area contributed by atoms with Gasteiger partial charge in [-0.25, -0.2) is 0 Å². The van der Waals surface area contributed by atoms with Gasteiger partial charge in [-0.2, -0.15) is 0 Å². The fourth-order valence-electron chi connectivity index (χ4n) is 3.03. The van der Waals surface area contributed by atoms with Crippen LogP contribution < -0.4 is 26.0 Å². The number of fused-ring (bicyclic) bond motifs is 1. The minimum absolute atomic E-state index is 0.145. The van der Waals surface area contributed by atoms with E-state index in [1.54, 1.807) is 18.2 Å². The molecule has 0 spiro atoms. The molecule has 33 heavy (non-hydrogen) atoms. The third-order valence-electron chi connectivity index (χ3n) is 4.82. The number of hydrogen-bond donors (Lipinski definition) is 7. The van der Waals surface area contributed by atoms with E-state index in [0.29, 0.717) is 6.42 Å². The van der Waals surface area contributed by atoms with E-state index in [0.717, 1.165) is 0 Å². The summed E-state index contributed by atoms with van der Waals surface area (Å²) in [5, 5.41) is 38.1. The van der Waals surface area contributed by atoms with Crippen molar-refractivity contribution < 1.29 is 39.2 Å². The van der Waals surface area contributed by atoms with Crippen LogP contribution in [0.25, 0.3) is 0 Å². The molecule has 1 aromatic carbocycles. The van der Waals surface area contributed by atoms with E-state index < -0.39 is 60.9 Å². The van der Waals surface area contributed by atoms with Crippen molar-refractivity contribution in [3.8, 4) is 5.75 Å². The van der Waals surface area contributed by atoms with Crippen molar-refractivity contribution >= 4 is 23.6 Å². The van der Waals surface area contributed by atoms with E-state index in [1.165, 1.54) is 13.0 Å². The fourth-order valence-corrected chi connectivity index (χ4v) is 3.03. The van der Waals surface area contributed by atoms with Gasteiger partial charge in [0.25, 0.3) is 5.91 Å². The Bertz CT molecular complexity index is 847. The Morgan fingerprint density at radius 1 is 1.21 bits per heavy atom. The highest BCUT2D eigenvalue weighted by Gasteiger charge is 2.30. The standard InChI is InChI=1S/C21H30N4O8/c1-12(27)18-21(32)22-7-4-8-33-16-6-3-2-5-14(16)19(30)24-15(9-17(29)25-18)20(31)23-10-13(28)11-26/h2-3,5-6,12-13,15,18,26-28H,4,7-11H2,1H3,(H,22,32)(H,23,31)(H,24,30)(H,25,29)/t12-,13-,15+,18+/m1/s1. The Balaban J connectivity index is 2.30. The van der Waals surface area contributed by atoms with Crippen LogP contribution in [0.15, 0.2) is 24.3 Å². The zero-order valence-electron chi connectivity index (χ0n) is 18.2.